The van der Waals surface area contributed by atoms with Crippen molar-refractivity contribution < 1.29 is 9.29 Å². The molecule has 0 saturated carbocycles. The van der Waals surface area contributed by atoms with Crippen molar-refractivity contribution in [3.63, 3.8) is 0 Å². The van der Waals surface area contributed by atoms with Crippen LogP contribution in [0.4, 0.5) is 0 Å². The van der Waals surface area contributed by atoms with Crippen LogP contribution < -0.4 is 0 Å². The molecule has 0 unspecified atom stereocenters. The van der Waals surface area contributed by atoms with Crippen LogP contribution in [0, 0.1) is 0 Å². The highest BCUT2D eigenvalue weighted by molar-refractivity contribution is 7.92. The zero-order valence-electron chi connectivity index (χ0n) is 5.79. The van der Waals surface area contributed by atoms with Crippen LogP contribution in [0.25, 0.3) is 0 Å². The summed E-state index contributed by atoms with van der Waals surface area (Å²) in [4.78, 5) is 0. The van der Waals surface area contributed by atoms with Crippen molar-refractivity contribution in [1.29, 1.82) is 0 Å². The molecule has 1 N–H and O–H groups in total. The molecule has 0 atom stereocenters. The zero-order valence-corrected chi connectivity index (χ0v) is 6.60. The number of nitrogens with zero attached hydrogens (tertiary/aromatic N) is 1. The molecule has 0 aromatic rings. The predicted molar refractivity (Wildman–Crippen MR) is 39.5 cm³/mol. The maximum atomic E-state index is 8.20. The van der Waals surface area contributed by atoms with Gasteiger partial charge >= 0.3 is 0 Å². The largest absolute Gasteiger partial charge is 0.478 e. The maximum absolute atomic E-state index is 8.20. The first-order chi connectivity index (χ1) is 4.16. The van der Waals surface area contributed by atoms with E-state index in [0.29, 0.717) is 18.1 Å². The van der Waals surface area contributed by atoms with Gasteiger partial charge in [-0.25, -0.2) is 0 Å². The molecule has 0 heterocycles. The van der Waals surface area contributed by atoms with Gasteiger partial charge in [-0.15, -0.1) is 0 Å². The Hall–Kier alpha value is -0.220. The minimum Gasteiger partial charge on any atom is -0.478 e. The lowest BCUT2D eigenvalue weighted by Crippen LogP contribution is -2.06. The topological polar surface area (TPSA) is 41.8 Å². The van der Waals surface area contributed by atoms with E-state index in [1.165, 1.54) is 0 Å². The zero-order chi connectivity index (χ0) is 7.28. The van der Waals surface area contributed by atoms with Crippen LogP contribution in [0.15, 0.2) is 4.40 Å². The summed E-state index contributed by atoms with van der Waals surface area (Å²) in [6, 6.07) is 0. The Balaban J connectivity index is 3.49. The van der Waals surface area contributed by atoms with Crippen LogP contribution in [0.5, 0.6) is 0 Å². The van der Waals surface area contributed by atoms with Crippen molar-refractivity contribution in [3.05, 3.63) is 0 Å². The molecule has 0 aromatic carbocycles. The molecule has 0 radical (unpaired) electrons. The maximum Gasteiger partial charge on any atom is 0.194 e. The second-order valence-electron chi connectivity index (χ2n) is 1.86. The molecule has 54 valence electrons. The second kappa shape index (κ2) is 4.64. The highest BCUT2D eigenvalue weighted by atomic mass is 32.2. The third-order valence-corrected chi connectivity index (χ3v) is 0.914. The van der Waals surface area contributed by atoms with Crippen molar-refractivity contribution >= 4 is 18.1 Å². The Morgan fingerprint density at radius 3 is 2.56 bits per heavy atom. The molecule has 0 aromatic heterocycles. The van der Waals surface area contributed by atoms with E-state index in [-0.39, 0.29) is 6.10 Å². The number of hydrogen-bond donors (Lipinski definition) is 1. The van der Waals surface area contributed by atoms with Gasteiger partial charge in [0.1, 0.15) is 12.2 Å². The molecular formula is C5H11NO2S. The number of ether oxygens (including phenoxy) is 1. The van der Waals surface area contributed by atoms with E-state index in [2.05, 4.69) is 4.40 Å². The van der Waals surface area contributed by atoms with Gasteiger partial charge < -0.3 is 9.29 Å². The predicted octanol–water partition coefficient (Wildman–Crippen LogP) is 1.95. The van der Waals surface area contributed by atoms with Crippen molar-refractivity contribution in [1.82, 2.24) is 0 Å². The monoisotopic (exact) mass is 149 g/mol. The lowest BCUT2D eigenvalue weighted by molar-refractivity contribution is 0.227. The van der Waals surface area contributed by atoms with Gasteiger partial charge in [-0.1, -0.05) is 0 Å². The van der Waals surface area contributed by atoms with Gasteiger partial charge in [-0.3, -0.25) is 0 Å². The average molecular weight is 149 g/mol. The quantitative estimate of drug-likeness (QED) is 0.282. The molecule has 0 spiro atoms. The molecule has 9 heavy (non-hydrogen) atoms. The third kappa shape index (κ3) is 5.65. The summed E-state index contributed by atoms with van der Waals surface area (Å²) >= 11 is 0.415. The van der Waals surface area contributed by atoms with Crippen LogP contribution in [-0.4, -0.2) is 16.6 Å². The van der Waals surface area contributed by atoms with Gasteiger partial charge in [0, 0.05) is 6.92 Å². The van der Waals surface area contributed by atoms with Crippen LogP contribution in [0.3, 0.4) is 0 Å². The van der Waals surface area contributed by atoms with Gasteiger partial charge in [-0.05, 0) is 13.8 Å². The number of hydrogen-bond acceptors (Lipinski definition) is 4. The Morgan fingerprint density at radius 2 is 2.22 bits per heavy atom. The Kier molecular flexibility index (Phi) is 4.53. The molecule has 0 aliphatic carbocycles. The average Bonchev–Trinajstić information content (AvgIpc) is 1.63. The first-order valence-electron chi connectivity index (χ1n) is 2.68. The van der Waals surface area contributed by atoms with Gasteiger partial charge in [0.25, 0.3) is 0 Å². The van der Waals surface area contributed by atoms with E-state index in [1.807, 2.05) is 13.8 Å². The lowest BCUT2D eigenvalue weighted by atomic mass is 10.5. The summed E-state index contributed by atoms with van der Waals surface area (Å²) in [6.07, 6.45) is 0.126. The summed E-state index contributed by atoms with van der Waals surface area (Å²) in [7, 11) is 0. The van der Waals surface area contributed by atoms with Crippen LogP contribution in [-0.2, 0) is 4.74 Å². The fraction of sp³-hybridized carbons (Fsp3) is 0.800. The molecule has 0 aliphatic rings. The Morgan fingerprint density at radius 1 is 1.67 bits per heavy atom. The summed E-state index contributed by atoms with van der Waals surface area (Å²) in [5.74, 6) is 0.498. The van der Waals surface area contributed by atoms with Gasteiger partial charge in [0.15, 0.2) is 5.90 Å². The lowest BCUT2D eigenvalue weighted by Gasteiger charge is -2.06. The minimum atomic E-state index is 0.126. The Bertz CT molecular complexity index is 103. The molecule has 0 fully saturated rings. The highest BCUT2D eigenvalue weighted by Crippen LogP contribution is 1.97. The molecule has 0 rings (SSSR count). The molecule has 0 bridgehead atoms. The fourth-order valence-corrected chi connectivity index (χ4v) is 0.578. The van der Waals surface area contributed by atoms with Crippen molar-refractivity contribution in [2.75, 3.05) is 0 Å². The molecule has 4 heteroatoms. The third-order valence-electron chi connectivity index (χ3n) is 0.576. The van der Waals surface area contributed by atoms with E-state index < -0.39 is 0 Å². The second-order valence-corrected chi connectivity index (χ2v) is 2.20. The minimum absolute atomic E-state index is 0.126. The Labute approximate surface area is 59.5 Å². The molecule has 0 aliphatic heterocycles. The van der Waals surface area contributed by atoms with Crippen LogP contribution in [0.1, 0.15) is 20.8 Å². The first-order valence-corrected chi connectivity index (χ1v) is 3.41. The summed E-state index contributed by atoms with van der Waals surface area (Å²) in [6.45, 7) is 5.51. The van der Waals surface area contributed by atoms with E-state index in [0.717, 1.165) is 0 Å². The van der Waals surface area contributed by atoms with Crippen LogP contribution >= 0.6 is 12.2 Å². The summed E-state index contributed by atoms with van der Waals surface area (Å²) < 4.78 is 16.8. The normalized spacial score (nSPS) is 12.3. The van der Waals surface area contributed by atoms with Crippen LogP contribution in [0.2, 0.25) is 0 Å². The van der Waals surface area contributed by atoms with Gasteiger partial charge in [0.05, 0.1) is 6.10 Å². The van der Waals surface area contributed by atoms with Crippen molar-refractivity contribution in [3.8, 4) is 0 Å². The van der Waals surface area contributed by atoms with E-state index in [4.69, 9.17) is 9.29 Å². The highest BCUT2D eigenvalue weighted by Gasteiger charge is 1.94. The SMILES string of the molecule is CC(=NSO)OC(C)C. The first kappa shape index (κ1) is 8.78. The van der Waals surface area contributed by atoms with Crippen molar-refractivity contribution in [2.45, 2.75) is 26.9 Å². The molecule has 0 amide bonds. The fourth-order valence-electron chi connectivity index (χ4n) is 0.420. The number of rotatable bonds is 2. The summed E-state index contributed by atoms with van der Waals surface area (Å²) in [5, 5.41) is 0. The van der Waals surface area contributed by atoms with Gasteiger partial charge in [0.2, 0.25) is 0 Å². The molecule has 0 saturated heterocycles. The van der Waals surface area contributed by atoms with Gasteiger partial charge in [-0.2, -0.15) is 4.40 Å². The smallest absolute Gasteiger partial charge is 0.194 e. The van der Waals surface area contributed by atoms with Crippen molar-refractivity contribution in [2.24, 2.45) is 4.40 Å². The van der Waals surface area contributed by atoms with E-state index >= 15 is 0 Å². The van der Waals surface area contributed by atoms with E-state index in [9.17, 15) is 0 Å². The summed E-state index contributed by atoms with van der Waals surface area (Å²) in [5.41, 5.74) is 0. The van der Waals surface area contributed by atoms with E-state index in [1.54, 1.807) is 6.92 Å². The molecule has 3 nitrogen and oxygen atoms in total. The standard InChI is InChI=1S/C5H11NO2S/c1-4(2)8-5(3)6-9-7/h4,7H,1-3H3. The molecular weight excluding hydrogens is 138 g/mol.